The van der Waals surface area contributed by atoms with Crippen LogP contribution in [0.4, 0.5) is 0 Å². The lowest BCUT2D eigenvalue weighted by atomic mass is 9.96. The Kier molecular flexibility index (Phi) is 5.97. The van der Waals surface area contributed by atoms with E-state index in [2.05, 4.69) is 60.4 Å². The molecule has 5 heteroatoms. The molecule has 0 aliphatic carbocycles. The van der Waals surface area contributed by atoms with E-state index in [1.54, 1.807) is 0 Å². The fourth-order valence-electron chi connectivity index (χ4n) is 4.04. The SMILES string of the molecule is CCCN(C(=O)[C@@H]1CCCN(Cc2nc3ccccc3n2C)C1)C(C)C. The normalized spacial score (nSPS) is 18.6. The van der Waals surface area contributed by atoms with Gasteiger partial charge in [0.05, 0.1) is 23.5 Å². The summed E-state index contributed by atoms with van der Waals surface area (Å²) in [5.74, 6) is 1.53. The molecule has 1 saturated heterocycles. The predicted octanol–water partition coefficient (Wildman–Crippen LogP) is 3.43. The topological polar surface area (TPSA) is 41.4 Å². The Labute approximate surface area is 157 Å². The average Bonchev–Trinajstić information content (AvgIpc) is 2.95. The van der Waals surface area contributed by atoms with Crippen LogP contribution in [-0.4, -0.2) is 50.9 Å². The summed E-state index contributed by atoms with van der Waals surface area (Å²) in [5, 5.41) is 0. The Bertz CT molecular complexity index is 752. The van der Waals surface area contributed by atoms with Gasteiger partial charge >= 0.3 is 0 Å². The molecule has 0 bridgehead atoms. The molecule has 26 heavy (non-hydrogen) atoms. The number of nitrogens with zero attached hydrogens (tertiary/aromatic N) is 4. The first-order valence-electron chi connectivity index (χ1n) is 9.94. The van der Waals surface area contributed by atoms with Crippen LogP contribution in [0.25, 0.3) is 11.0 Å². The maximum atomic E-state index is 13.0. The van der Waals surface area contributed by atoms with Gasteiger partial charge in [0, 0.05) is 26.2 Å². The van der Waals surface area contributed by atoms with Gasteiger partial charge in [0.25, 0.3) is 0 Å². The molecule has 0 saturated carbocycles. The lowest BCUT2D eigenvalue weighted by molar-refractivity contribution is -0.139. The van der Waals surface area contributed by atoms with Crippen LogP contribution in [0.3, 0.4) is 0 Å². The number of para-hydroxylation sites is 2. The highest BCUT2D eigenvalue weighted by Gasteiger charge is 2.30. The molecule has 0 N–H and O–H groups in total. The van der Waals surface area contributed by atoms with Crippen LogP contribution >= 0.6 is 0 Å². The molecular formula is C21H32N4O. The van der Waals surface area contributed by atoms with Crippen molar-refractivity contribution in [2.24, 2.45) is 13.0 Å². The second-order valence-corrected chi connectivity index (χ2v) is 7.78. The van der Waals surface area contributed by atoms with Gasteiger partial charge in [-0.25, -0.2) is 4.98 Å². The number of aryl methyl sites for hydroxylation is 1. The summed E-state index contributed by atoms with van der Waals surface area (Å²) in [6.45, 7) is 9.93. The summed E-state index contributed by atoms with van der Waals surface area (Å²) in [7, 11) is 2.08. The van der Waals surface area contributed by atoms with Crippen LogP contribution in [-0.2, 0) is 18.4 Å². The third-order valence-electron chi connectivity index (χ3n) is 5.47. The van der Waals surface area contributed by atoms with Crippen LogP contribution in [0.5, 0.6) is 0 Å². The maximum absolute atomic E-state index is 13.0. The number of likely N-dealkylation sites (tertiary alicyclic amines) is 1. The second-order valence-electron chi connectivity index (χ2n) is 7.78. The predicted molar refractivity (Wildman–Crippen MR) is 106 cm³/mol. The first-order valence-corrected chi connectivity index (χ1v) is 9.94. The molecule has 2 aromatic rings. The minimum atomic E-state index is 0.118. The number of carbonyl (C=O) groups is 1. The van der Waals surface area contributed by atoms with Crippen molar-refractivity contribution >= 4 is 16.9 Å². The number of aromatic nitrogens is 2. The maximum Gasteiger partial charge on any atom is 0.227 e. The highest BCUT2D eigenvalue weighted by molar-refractivity contribution is 5.79. The standard InChI is InChI=1S/C21H32N4O/c1-5-12-25(16(2)3)21(26)17-9-8-13-24(14-17)15-20-22-18-10-6-7-11-19(18)23(20)4/h6-7,10-11,16-17H,5,8-9,12-15H2,1-4H3/t17-/m1/s1. The molecule has 1 aromatic carbocycles. The minimum Gasteiger partial charge on any atom is -0.340 e. The molecule has 0 spiro atoms. The fourth-order valence-corrected chi connectivity index (χ4v) is 4.04. The smallest absolute Gasteiger partial charge is 0.227 e. The zero-order valence-corrected chi connectivity index (χ0v) is 16.6. The summed E-state index contributed by atoms with van der Waals surface area (Å²) < 4.78 is 2.18. The number of rotatable bonds is 6. The summed E-state index contributed by atoms with van der Waals surface area (Å²) in [6.07, 6.45) is 3.10. The van der Waals surface area contributed by atoms with Gasteiger partial charge in [-0.05, 0) is 51.8 Å². The molecule has 1 aliphatic rings. The number of benzene rings is 1. The second kappa shape index (κ2) is 8.21. The van der Waals surface area contributed by atoms with Crippen molar-refractivity contribution in [3.8, 4) is 0 Å². The van der Waals surface area contributed by atoms with Gasteiger partial charge in [0.1, 0.15) is 5.82 Å². The molecule has 1 aromatic heterocycles. The summed E-state index contributed by atoms with van der Waals surface area (Å²) in [6, 6.07) is 8.53. The minimum absolute atomic E-state index is 0.118. The van der Waals surface area contributed by atoms with E-state index >= 15 is 0 Å². The van der Waals surface area contributed by atoms with Crippen LogP contribution in [0, 0.1) is 5.92 Å². The van der Waals surface area contributed by atoms with Gasteiger partial charge in [-0.3, -0.25) is 9.69 Å². The van der Waals surface area contributed by atoms with Gasteiger partial charge in [0.15, 0.2) is 0 Å². The van der Waals surface area contributed by atoms with Crippen molar-refractivity contribution in [1.29, 1.82) is 0 Å². The molecule has 1 fully saturated rings. The molecule has 1 amide bonds. The Morgan fingerprint density at radius 2 is 2.12 bits per heavy atom. The monoisotopic (exact) mass is 356 g/mol. The first-order chi connectivity index (χ1) is 12.5. The van der Waals surface area contributed by atoms with Gasteiger partial charge in [-0.15, -0.1) is 0 Å². The van der Waals surface area contributed by atoms with Gasteiger partial charge in [-0.1, -0.05) is 19.1 Å². The largest absolute Gasteiger partial charge is 0.340 e. The number of piperidine rings is 1. The fraction of sp³-hybridized carbons (Fsp3) is 0.619. The first kappa shape index (κ1) is 18.9. The summed E-state index contributed by atoms with van der Waals surface area (Å²) >= 11 is 0. The molecule has 142 valence electrons. The Morgan fingerprint density at radius 1 is 1.35 bits per heavy atom. The van der Waals surface area contributed by atoms with E-state index in [1.165, 1.54) is 5.52 Å². The van der Waals surface area contributed by atoms with Crippen molar-refractivity contribution in [2.75, 3.05) is 19.6 Å². The van der Waals surface area contributed by atoms with Crippen LogP contribution < -0.4 is 0 Å². The van der Waals surface area contributed by atoms with Crippen molar-refractivity contribution in [3.05, 3.63) is 30.1 Å². The average molecular weight is 357 g/mol. The lowest BCUT2D eigenvalue weighted by Crippen LogP contribution is -2.47. The summed E-state index contributed by atoms with van der Waals surface area (Å²) in [4.78, 5) is 22.3. The molecule has 2 heterocycles. The van der Waals surface area contributed by atoms with E-state index in [9.17, 15) is 4.79 Å². The molecular weight excluding hydrogens is 324 g/mol. The zero-order valence-electron chi connectivity index (χ0n) is 16.6. The highest BCUT2D eigenvalue weighted by Crippen LogP contribution is 2.23. The third-order valence-corrected chi connectivity index (χ3v) is 5.47. The number of carbonyl (C=O) groups excluding carboxylic acids is 1. The molecule has 3 rings (SSSR count). The van der Waals surface area contributed by atoms with E-state index in [0.717, 1.165) is 56.8 Å². The van der Waals surface area contributed by atoms with E-state index in [1.807, 2.05) is 6.07 Å². The van der Waals surface area contributed by atoms with Crippen LogP contribution in [0.15, 0.2) is 24.3 Å². The molecule has 1 aliphatic heterocycles. The quantitative estimate of drug-likeness (QED) is 0.796. The van der Waals surface area contributed by atoms with Crippen molar-refractivity contribution < 1.29 is 4.79 Å². The van der Waals surface area contributed by atoms with Crippen molar-refractivity contribution in [2.45, 2.75) is 52.6 Å². The van der Waals surface area contributed by atoms with Crippen molar-refractivity contribution in [3.63, 3.8) is 0 Å². The number of hydrogen-bond donors (Lipinski definition) is 0. The lowest BCUT2D eigenvalue weighted by Gasteiger charge is -2.36. The number of hydrogen-bond acceptors (Lipinski definition) is 3. The van der Waals surface area contributed by atoms with Gasteiger partial charge < -0.3 is 9.47 Å². The van der Waals surface area contributed by atoms with E-state index < -0.39 is 0 Å². The highest BCUT2D eigenvalue weighted by atomic mass is 16.2. The van der Waals surface area contributed by atoms with Crippen LogP contribution in [0.1, 0.15) is 45.9 Å². The number of fused-ring (bicyclic) bond motifs is 1. The van der Waals surface area contributed by atoms with Crippen LogP contribution in [0.2, 0.25) is 0 Å². The Hall–Kier alpha value is -1.88. The molecule has 0 unspecified atom stereocenters. The van der Waals surface area contributed by atoms with E-state index in [0.29, 0.717) is 5.91 Å². The van der Waals surface area contributed by atoms with Gasteiger partial charge in [0.2, 0.25) is 5.91 Å². The number of imidazole rings is 1. The molecule has 0 radical (unpaired) electrons. The number of amides is 1. The third kappa shape index (κ3) is 3.93. The zero-order chi connectivity index (χ0) is 18.7. The Morgan fingerprint density at radius 3 is 2.81 bits per heavy atom. The molecule has 5 nitrogen and oxygen atoms in total. The Balaban J connectivity index is 1.70. The molecule has 1 atom stereocenters. The van der Waals surface area contributed by atoms with Crippen molar-refractivity contribution in [1.82, 2.24) is 19.4 Å². The summed E-state index contributed by atoms with van der Waals surface area (Å²) in [5.41, 5.74) is 2.21. The van der Waals surface area contributed by atoms with Gasteiger partial charge in [-0.2, -0.15) is 0 Å². The van der Waals surface area contributed by atoms with E-state index in [4.69, 9.17) is 4.98 Å². The van der Waals surface area contributed by atoms with E-state index in [-0.39, 0.29) is 12.0 Å².